The highest BCUT2D eigenvalue weighted by Crippen LogP contribution is 2.33. The van der Waals surface area contributed by atoms with Gasteiger partial charge in [0.1, 0.15) is 47.4 Å². The Morgan fingerprint density at radius 2 is 1.43 bits per heavy atom. The summed E-state index contributed by atoms with van der Waals surface area (Å²) in [5, 5.41) is 9.57. The van der Waals surface area contributed by atoms with Crippen LogP contribution >= 0.6 is 0 Å². The maximum Gasteiger partial charge on any atom is 0.235 e. The van der Waals surface area contributed by atoms with Gasteiger partial charge in [0.25, 0.3) is 0 Å². The summed E-state index contributed by atoms with van der Waals surface area (Å²) in [7, 11) is 1.61. The predicted octanol–water partition coefficient (Wildman–Crippen LogP) is 9.22. The van der Waals surface area contributed by atoms with E-state index in [1.165, 1.54) is 6.07 Å². The Labute approximate surface area is 351 Å². The molecule has 3 aromatic heterocycles. The molecule has 8 aromatic rings. The lowest BCUT2D eigenvalue weighted by atomic mass is 10.1. The van der Waals surface area contributed by atoms with Crippen molar-refractivity contribution in [3.8, 4) is 45.6 Å². The summed E-state index contributed by atoms with van der Waals surface area (Å²) in [6, 6.07) is 36.7. The van der Waals surface area contributed by atoms with E-state index in [0.29, 0.717) is 83.5 Å². The highest BCUT2D eigenvalue weighted by atomic mass is 16.5. The molecule has 5 aromatic carbocycles. The second kappa shape index (κ2) is 19.3. The quantitative estimate of drug-likeness (QED) is 0.0722. The first-order valence-corrected chi connectivity index (χ1v) is 20.2. The maximum atomic E-state index is 13.6. The maximum absolute atomic E-state index is 13.6. The van der Waals surface area contributed by atoms with Crippen LogP contribution in [0.3, 0.4) is 0 Å². The Kier molecular flexibility index (Phi) is 12.8. The van der Waals surface area contributed by atoms with Gasteiger partial charge >= 0.3 is 0 Å². The standard InChI is InChI=1S/C49H45N3O9/c1-33-13-22-45-42(28-33)43(53)30-46(60-45)35-14-18-38(19-15-35)57-24-6-5-9-37-31-52(51-50-37)23-25-56-26-27-58-39-20-16-36(17-21-39)48-49(47(54)41-11-3-4-12-44(41)61-48)59-32-34-8-7-10-40(29-34)55-2/h3-4,7-8,10-22,28-31H,5-6,9,23-27,32H2,1-2H3. The topological polar surface area (TPSA) is 137 Å². The number of rotatable bonds is 19. The van der Waals surface area contributed by atoms with Gasteiger partial charge in [-0.2, -0.15) is 0 Å². The number of aryl methyl sites for hydroxylation is 2. The van der Waals surface area contributed by atoms with Gasteiger partial charge in [0, 0.05) is 23.4 Å². The molecule has 0 N–H and O–H groups in total. The third kappa shape index (κ3) is 10.2. The van der Waals surface area contributed by atoms with E-state index < -0.39 is 0 Å². The smallest absolute Gasteiger partial charge is 0.235 e. The number of unbranched alkanes of at least 4 members (excludes halogenated alkanes) is 1. The first kappa shape index (κ1) is 40.6. The Bertz CT molecular complexity index is 2850. The van der Waals surface area contributed by atoms with Crippen LogP contribution in [0.25, 0.3) is 44.6 Å². The zero-order valence-corrected chi connectivity index (χ0v) is 34.0. The van der Waals surface area contributed by atoms with Crippen molar-refractivity contribution in [2.45, 2.75) is 39.3 Å². The van der Waals surface area contributed by atoms with Crippen molar-refractivity contribution >= 4 is 21.9 Å². The summed E-state index contributed by atoms with van der Waals surface area (Å²) in [4.78, 5) is 26.2. The van der Waals surface area contributed by atoms with Gasteiger partial charge in [0.2, 0.25) is 11.2 Å². The largest absolute Gasteiger partial charge is 0.497 e. The van der Waals surface area contributed by atoms with Gasteiger partial charge in [0.05, 0.1) is 49.9 Å². The van der Waals surface area contributed by atoms with Crippen LogP contribution in [-0.4, -0.2) is 48.5 Å². The molecule has 0 aliphatic carbocycles. The molecule has 61 heavy (non-hydrogen) atoms. The van der Waals surface area contributed by atoms with Crippen LogP contribution in [0, 0.1) is 6.92 Å². The van der Waals surface area contributed by atoms with E-state index in [4.69, 9.17) is 32.5 Å². The van der Waals surface area contributed by atoms with Gasteiger partial charge in [-0.3, -0.25) is 9.59 Å². The number of ether oxygens (including phenoxy) is 5. The molecule has 310 valence electrons. The van der Waals surface area contributed by atoms with Crippen molar-refractivity contribution < 1.29 is 32.5 Å². The Balaban J connectivity index is 0.741. The predicted molar refractivity (Wildman–Crippen MR) is 233 cm³/mol. The van der Waals surface area contributed by atoms with Crippen molar-refractivity contribution in [1.82, 2.24) is 15.0 Å². The highest BCUT2D eigenvalue weighted by molar-refractivity contribution is 5.82. The molecule has 0 unspecified atom stereocenters. The summed E-state index contributed by atoms with van der Waals surface area (Å²) >= 11 is 0. The van der Waals surface area contributed by atoms with E-state index in [9.17, 15) is 9.59 Å². The SMILES string of the molecule is COc1cccc(COc2c(-c3ccc(OCCOCCn4cc(CCCCOc5ccc(-c6cc(=O)c7cc(C)ccc7o6)cc5)nn4)cc3)oc3ccccc3c2=O)c1. The lowest BCUT2D eigenvalue weighted by Gasteiger charge is -2.13. The monoisotopic (exact) mass is 819 g/mol. The second-order valence-corrected chi connectivity index (χ2v) is 14.5. The number of hydrogen-bond donors (Lipinski definition) is 0. The van der Waals surface area contributed by atoms with Crippen molar-refractivity contribution in [2.24, 2.45) is 0 Å². The van der Waals surface area contributed by atoms with Crippen LogP contribution in [0.4, 0.5) is 0 Å². The molecule has 0 aliphatic heterocycles. The molecule has 0 amide bonds. The van der Waals surface area contributed by atoms with E-state index >= 15 is 0 Å². The van der Waals surface area contributed by atoms with Crippen molar-refractivity contribution in [3.63, 3.8) is 0 Å². The lowest BCUT2D eigenvalue weighted by molar-refractivity contribution is 0.0923. The zero-order valence-electron chi connectivity index (χ0n) is 34.0. The van der Waals surface area contributed by atoms with Crippen molar-refractivity contribution in [2.75, 3.05) is 33.5 Å². The Morgan fingerprint density at radius 3 is 2.25 bits per heavy atom. The third-order valence-electron chi connectivity index (χ3n) is 10.1. The van der Waals surface area contributed by atoms with Gasteiger partial charge in [-0.05, 0) is 117 Å². The minimum absolute atomic E-state index is 0.0585. The van der Waals surface area contributed by atoms with Crippen molar-refractivity contribution in [1.29, 1.82) is 0 Å². The summed E-state index contributed by atoms with van der Waals surface area (Å²) in [5.74, 6) is 3.13. The van der Waals surface area contributed by atoms with Crippen LogP contribution in [0.15, 0.2) is 146 Å². The highest BCUT2D eigenvalue weighted by Gasteiger charge is 2.18. The average Bonchev–Trinajstić information content (AvgIpc) is 3.75. The van der Waals surface area contributed by atoms with Crippen LogP contribution in [0.2, 0.25) is 0 Å². The second-order valence-electron chi connectivity index (χ2n) is 14.5. The molecule has 0 bridgehead atoms. The summed E-state index contributed by atoms with van der Waals surface area (Å²) < 4.78 is 43.1. The fraction of sp³-hybridized carbons (Fsp3) is 0.224. The molecular formula is C49H45N3O9. The summed E-state index contributed by atoms with van der Waals surface area (Å²) in [6.07, 6.45) is 4.50. The third-order valence-corrected chi connectivity index (χ3v) is 10.1. The molecule has 3 heterocycles. The number of methoxy groups -OCH3 is 1. The normalized spacial score (nSPS) is 11.2. The van der Waals surface area contributed by atoms with Crippen LogP contribution in [0.5, 0.6) is 23.0 Å². The molecule has 0 saturated heterocycles. The number of para-hydroxylation sites is 1. The Hall–Kier alpha value is -7.18. The fourth-order valence-corrected chi connectivity index (χ4v) is 6.83. The first-order chi connectivity index (χ1) is 29.9. The lowest BCUT2D eigenvalue weighted by Crippen LogP contribution is -2.12. The van der Waals surface area contributed by atoms with Gasteiger partial charge < -0.3 is 32.5 Å². The number of nitrogens with zero attached hydrogens (tertiary/aromatic N) is 3. The van der Waals surface area contributed by atoms with Crippen LogP contribution in [-0.2, 0) is 24.3 Å². The molecule has 0 fully saturated rings. The van der Waals surface area contributed by atoms with E-state index in [1.807, 2.05) is 110 Å². The summed E-state index contributed by atoms with van der Waals surface area (Å²) in [6.45, 7) is 4.48. The molecule has 12 heteroatoms. The summed E-state index contributed by atoms with van der Waals surface area (Å²) in [5.41, 5.74) is 5.04. The van der Waals surface area contributed by atoms with E-state index in [0.717, 1.165) is 47.4 Å². The van der Waals surface area contributed by atoms with Gasteiger partial charge in [-0.25, -0.2) is 4.68 Å². The number of hydrogen-bond acceptors (Lipinski definition) is 11. The van der Waals surface area contributed by atoms with E-state index in [1.54, 1.807) is 30.0 Å². The average molecular weight is 820 g/mol. The zero-order chi connectivity index (χ0) is 42.0. The minimum atomic E-state index is -0.243. The molecule has 0 radical (unpaired) electrons. The number of fused-ring (bicyclic) bond motifs is 2. The van der Waals surface area contributed by atoms with Gasteiger partial charge in [-0.15, -0.1) is 5.10 Å². The molecule has 0 saturated carbocycles. The fourth-order valence-electron chi connectivity index (χ4n) is 6.83. The molecular weight excluding hydrogens is 775 g/mol. The van der Waals surface area contributed by atoms with Gasteiger partial charge in [-0.1, -0.05) is 41.1 Å². The minimum Gasteiger partial charge on any atom is -0.497 e. The molecule has 0 aliphatic rings. The van der Waals surface area contributed by atoms with Gasteiger partial charge in [0.15, 0.2) is 11.2 Å². The van der Waals surface area contributed by atoms with E-state index in [-0.39, 0.29) is 23.2 Å². The Morgan fingerprint density at radius 1 is 0.656 bits per heavy atom. The molecule has 8 rings (SSSR count). The van der Waals surface area contributed by atoms with E-state index in [2.05, 4.69) is 10.3 Å². The molecule has 0 atom stereocenters. The van der Waals surface area contributed by atoms with Crippen LogP contribution < -0.4 is 29.8 Å². The van der Waals surface area contributed by atoms with Crippen molar-refractivity contribution in [3.05, 3.63) is 165 Å². The first-order valence-electron chi connectivity index (χ1n) is 20.2. The molecule has 12 nitrogen and oxygen atoms in total. The number of aromatic nitrogens is 3. The van der Waals surface area contributed by atoms with Crippen LogP contribution in [0.1, 0.15) is 29.7 Å². The molecule has 0 spiro atoms. The number of benzene rings is 5.